The highest BCUT2D eigenvalue weighted by Gasteiger charge is 2.18. The summed E-state index contributed by atoms with van der Waals surface area (Å²) in [6.45, 7) is 1.50. The number of nitrogens with zero attached hydrogens (tertiary/aromatic N) is 1. The Balaban J connectivity index is 4.56. The molecular weight excluding hydrogens is 133 g/mol. The van der Waals surface area contributed by atoms with E-state index < -0.39 is 7.12 Å². The third-order valence-electron chi connectivity index (χ3n) is 1.09. The van der Waals surface area contributed by atoms with Gasteiger partial charge in [-0.05, 0) is 6.92 Å². The van der Waals surface area contributed by atoms with Crippen LogP contribution in [0, 0.1) is 0 Å². The van der Waals surface area contributed by atoms with E-state index in [-0.39, 0.29) is 11.2 Å². The fourth-order valence-electron chi connectivity index (χ4n) is 0.434. The monoisotopic (exact) mass is 141 g/mol. The molecule has 0 rings (SSSR count). The van der Waals surface area contributed by atoms with Gasteiger partial charge in [-0.2, -0.15) is 0 Å². The van der Waals surface area contributed by atoms with Crippen LogP contribution in [0.4, 0.5) is 0 Å². The van der Waals surface area contributed by atoms with Crippen molar-refractivity contribution >= 4 is 18.8 Å². The van der Waals surface area contributed by atoms with Gasteiger partial charge in [0.1, 0.15) is 5.94 Å². The van der Waals surface area contributed by atoms with E-state index in [1.165, 1.54) is 19.9 Å². The summed E-state index contributed by atoms with van der Waals surface area (Å²) in [5, 5.41) is 17.0. The van der Waals surface area contributed by atoms with Crippen molar-refractivity contribution in [2.45, 2.75) is 6.92 Å². The minimum Gasteiger partial charge on any atom is -0.423 e. The highest BCUT2D eigenvalue weighted by molar-refractivity contribution is 6.61. The Labute approximate surface area is 59.0 Å². The van der Waals surface area contributed by atoms with E-state index in [1.54, 1.807) is 0 Å². The van der Waals surface area contributed by atoms with E-state index >= 15 is 0 Å². The van der Waals surface area contributed by atoms with Crippen LogP contribution in [0.5, 0.6) is 0 Å². The van der Waals surface area contributed by atoms with E-state index in [0.29, 0.717) is 0 Å². The quantitative estimate of drug-likeness (QED) is 0.289. The van der Waals surface area contributed by atoms with E-state index in [4.69, 9.17) is 10.0 Å². The molecule has 0 saturated heterocycles. The van der Waals surface area contributed by atoms with Crippen molar-refractivity contribution < 1.29 is 14.8 Å². The molecule has 4 nitrogen and oxygen atoms in total. The highest BCUT2D eigenvalue weighted by atomic mass is 16.4. The van der Waals surface area contributed by atoms with Crippen LogP contribution in [0.25, 0.3) is 0 Å². The molecule has 0 aromatic heterocycles. The smallest absolute Gasteiger partial charge is 0.423 e. The maximum absolute atomic E-state index is 9.98. The zero-order valence-electron chi connectivity index (χ0n) is 5.83. The molecule has 0 aliphatic rings. The molecule has 0 aromatic rings. The largest absolute Gasteiger partial charge is 0.502 e. The summed E-state index contributed by atoms with van der Waals surface area (Å²) in [7, 11) is -0.323. The van der Waals surface area contributed by atoms with Crippen molar-refractivity contribution in [3.05, 3.63) is 5.47 Å². The molecule has 0 heterocycles. The van der Waals surface area contributed by atoms with Crippen LogP contribution in [0.15, 0.2) is 10.5 Å². The molecule has 0 aliphatic heterocycles. The van der Waals surface area contributed by atoms with Gasteiger partial charge in [0.25, 0.3) is 0 Å². The first-order chi connectivity index (χ1) is 4.63. The molecule has 0 bridgehead atoms. The van der Waals surface area contributed by atoms with Gasteiger partial charge in [0.05, 0.1) is 5.47 Å². The number of aliphatic imine (C=N–C) groups is 1. The van der Waals surface area contributed by atoms with Crippen LogP contribution in [0.1, 0.15) is 6.92 Å². The Bertz CT molecular complexity index is 193. The highest BCUT2D eigenvalue weighted by Crippen LogP contribution is 1.93. The molecule has 0 aliphatic carbocycles. The first kappa shape index (κ1) is 9.10. The van der Waals surface area contributed by atoms with Crippen LogP contribution in [-0.4, -0.2) is 35.9 Å². The predicted octanol–water partition coefficient (Wildman–Crippen LogP) is -1.15. The topological polar surface area (TPSA) is 69.9 Å². The summed E-state index contributed by atoms with van der Waals surface area (Å²) in [6, 6.07) is 0. The third kappa shape index (κ3) is 2.15. The fraction of sp³-hybridized carbons (Fsp3) is 0.400. The van der Waals surface area contributed by atoms with Gasteiger partial charge in [-0.1, -0.05) is 0 Å². The third-order valence-corrected chi connectivity index (χ3v) is 1.09. The SMILES string of the molecule is CN=C(C)C(=C=O)B(O)O. The second-order valence-corrected chi connectivity index (χ2v) is 1.70. The van der Waals surface area contributed by atoms with Crippen molar-refractivity contribution in [2.75, 3.05) is 7.05 Å². The predicted molar refractivity (Wildman–Crippen MR) is 38.4 cm³/mol. The van der Waals surface area contributed by atoms with Crippen molar-refractivity contribution in [1.29, 1.82) is 0 Å². The van der Waals surface area contributed by atoms with Crippen LogP contribution in [0.3, 0.4) is 0 Å². The standard InChI is InChI=1S/C5H8BNO3/c1-4(7-2)5(3-8)6(9)10/h9-10H,1-2H3. The van der Waals surface area contributed by atoms with Crippen molar-refractivity contribution in [1.82, 2.24) is 0 Å². The molecule has 54 valence electrons. The van der Waals surface area contributed by atoms with Gasteiger partial charge < -0.3 is 10.0 Å². The fourth-order valence-corrected chi connectivity index (χ4v) is 0.434. The lowest BCUT2D eigenvalue weighted by atomic mass is 9.78. The summed E-state index contributed by atoms with van der Waals surface area (Å²) in [5.74, 6) is 1.39. The maximum atomic E-state index is 9.98. The zero-order chi connectivity index (χ0) is 8.15. The molecule has 2 N–H and O–H groups in total. The maximum Gasteiger partial charge on any atom is 0.502 e. The average molecular weight is 141 g/mol. The Hall–Kier alpha value is -0.895. The molecule has 10 heavy (non-hydrogen) atoms. The Morgan fingerprint density at radius 2 is 2.10 bits per heavy atom. The molecule has 0 radical (unpaired) electrons. The molecule has 0 amide bonds. The first-order valence-electron chi connectivity index (χ1n) is 2.68. The van der Waals surface area contributed by atoms with Gasteiger partial charge in [0.15, 0.2) is 0 Å². The Morgan fingerprint density at radius 3 is 2.20 bits per heavy atom. The van der Waals surface area contributed by atoms with Crippen LogP contribution < -0.4 is 0 Å². The molecule has 0 spiro atoms. The number of carbonyl (C=O) groups excluding carboxylic acids is 1. The average Bonchev–Trinajstić information content (AvgIpc) is 1.88. The number of hydrogen-bond donors (Lipinski definition) is 2. The second-order valence-electron chi connectivity index (χ2n) is 1.70. The minimum absolute atomic E-state index is 0.220. The Morgan fingerprint density at radius 1 is 1.60 bits per heavy atom. The molecule has 5 heteroatoms. The van der Waals surface area contributed by atoms with Crippen LogP contribution in [-0.2, 0) is 4.79 Å². The minimum atomic E-state index is -1.78. The molecule has 0 fully saturated rings. The number of hydrogen-bond acceptors (Lipinski definition) is 4. The zero-order valence-corrected chi connectivity index (χ0v) is 5.83. The van der Waals surface area contributed by atoms with Crippen molar-refractivity contribution in [3.8, 4) is 0 Å². The van der Waals surface area contributed by atoms with Crippen LogP contribution in [0.2, 0.25) is 0 Å². The van der Waals surface area contributed by atoms with E-state index in [0.717, 1.165) is 0 Å². The number of allylic oxidation sites excluding steroid dienone is 1. The van der Waals surface area contributed by atoms with Gasteiger partial charge >= 0.3 is 7.12 Å². The Kier molecular flexibility index (Phi) is 3.65. The molecule has 0 saturated carbocycles. The summed E-state index contributed by atoms with van der Waals surface area (Å²) in [4.78, 5) is 13.6. The molecule has 0 unspecified atom stereocenters. The van der Waals surface area contributed by atoms with E-state index in [2.05, 4.69) is 4.99 Å². The summed E-state index contributed by atoms with van der Waals surface area (Å²) >= 11 is 0. The van der Waals surface area contributed by atoms with Gasteiger partial charge in [-0.15, -0.1) is 0 Å². The first-order valence-corrected chi connectivity index (χ1v) is 2.68. The summed E-state index contributed by atoms with van der Waals surface area (Å²) in [6.07, 6.45) is 0. The lowest BCUT2D eigenvalue weighted by molar-refractivity contribution is 0.421. The van der Waals surface area contributed by atoms with E-state index in [9.17, 15) is 4.79 Å². The molecular formula is C5H8BNO3. The lowest BCUT2D eigenvalue weighted by Gasteiger charge is -1.97. The summed E-state index contributed by atoms with van der Waals surface area (Å²) in [5.41, 5.74) is 0.0625. The second kappa shape index (κ2) is 4.01. The van der Waals surface area contributed by atoms with Gasteiger partial charge in [0.2, 0.25) is 0 Å². The van der Waals surface area contributed by atoms with Gasteiger partial charge in [-0.3, -0.25) is 4.99 Å². The molecule has 0 atom stereocenters. The number of rotatable bonds is 2. The van der Waals surface area contributed by atoms with Crippen molar-refractivity contribution in [3.63, 3.8) is 0 Å². The van der Waals surface area contributed by atoms with Gasteiger partial charge in [-0.25, -0.2) is 4.79 Å². The van der Waals surface area contributed by atoms with Crippen molar-refractivity contribution in [2.24, 2.45) is 4.99 Å². The van der Waals surface area contributed by atoms with Crippen LogP contribution >= 0.6 is 0 Å². The lowest BCUT2D eigenvalue weighted by Crippen LogP contribution is -2.21. The van der Waals surface area contributed by atoms with Gasteiger partial charge in [0, 0.05) is 12.8 Å². The normalized spacial score (nSPS) is 10.6. The summed E-state index contributed by atoms with van der Waals surface area (Å²) < 4.78 is 0. The molecule has 0 aromatic carbocycles. The van der Waals surface area contributed by atoms with E-state index in [1.807, 2.05) is 0 Å².